The second-order valence-electron chi connectivity index (χ2n) is 10.8. The number of likely N-dealkylation sites (N-methyl/N-ethyl adjacent to an activating group) is 1. The van der Waals surface area contributed by atoms with Crippen molar-refractivity contribution in [1.82, 2.24) is 20.5 Å². The van der Waals surface area contributed by atoms with E-state index in [4.69, 9.17) is 17.0 Å². The van der Waals surface area contributed by atoms with Gasteiger partial charge in [-0.15, -0.1) is 0 Å². The fourth-order valence-electron chi connectivity index (χ4n) is 4.97. The van der Waals surface area contributed by atoms with Crippen molar-refractivity contribution in [2.45, 2.75) is 73.3 Å². The molecule has 39 heavy (non-hydrogen) atoms. The van der Waals surface area contributed by atoms with Crippen LogP contribution >= 0.6 is 12.2 Å². The van der Waals surface area contributed by atoms with E-state index >= 15 is 0 Å². The smallest absolute Gasteiger partial charge is 0.413 e. The molecule has 0 unspecified atom stereocenters. The van der Waals surface area contributed by atoms with Crippen LogP contribution in [0.15, 0.2) is 36.4 Å². The zero-order valence-electron chi connectivity index (χ0n) is 24.5. The normalized spacial score (nSPS) is 11.5. The highest BCUT2D eigenvalue weighted by atomic mass is 32.1. The third-order valence-electron chi connectivity index (χ3n) is 6.94. The van der Waals surface area contributed by atoms with Crippen LogP contribution in [-0.4, -0.2) is 52.7 Å². The summed E-state index contributed by atoms with van der Waals surface area (Å²) < 4.78 is 5.11. The number of thiocarbonyl (C=S) groups is 1. The van der Waals surface area contributed by atoms with E-state index in [0.29, 0.717) is 26.1 Å². The van der Waals surface area contributed by atoms with Crippen LogP contribution in [0.5, 0.6) is 0 Å². The first-order valence-corrected chi connectivity index (χ1v) is 14.1. The van der Waals surface area contributed by atoms with Gasteiger partial charge in [0.15, 0.2) is 5.11 Å². The van der Waals surface area contributed by atoms with Crippen molar-refractivity contribution in [2.75, 3.05) is 19.6 Å². The van der Waals surface area contributed by atoms with E-state index < -0.39 is 11.5 Å². The van der Waals surface area contributed by atoms with Crippen molar-refractivity contribution in [3.63, 3.8) is 0 Å². The number of fused-ring (bicyclic) bond motifs is 1. The highest BCUT2D eigenvalue weighted by Gasteiger charge is 2.33. The Labute approximate surface area is 237 Å². The molecule has 3 rings (SSSR count). The average Bonchev–Trinajstić information content (AvgIpc) is 3.21. The molecule has 210 valence electrons. The molecule has 1 heterocycles. The fraction of sp³-hybridized carbons (Fsp3) is 0.452. The summed E-state index contributed by atoms with van der Waals surface area (Å²) in [5, 5.41) is 6.98. The summed E-state index contributed by atoms with van der Waals surface area (Å²) in [5.41, 5.74) is 6.97. The molecule has 0 radical (unpaired) electrons. The molecule has 3 aromatic rings. The molecular weight excluding hydrogens is 508 g/mol. The molecular formula is C31H42N4O3S. The summed E-state index contributed by atoms with van der Waals surface area (Å²) in [4.78, 5) is 30.8. The highest BCUT2D eigenvalue weighted by Crippen LogP contribution is 2.35. The van der Waals surface area contributed by atoms with Crippen molar-refractivity contribution in [3.05, 3.63) is 58.7 Å². The number of amides is 2. The molecule has 1 aromatic heterocycles. The second-order valence-corrected chi connectivity index (χ2v) is 11.2. The van der Waals surface area contributed by atoms with E-state index in [1.54, 1.807) is 13.8 Å². The van der Waals surface area contributed by atoms with Gasteiger partial charge >= 0.3 is 6.09 Å². The lowest BCUT2D eigenvalue weighted by Gasteiger charge is -2.31. The van der Waals surface area contributed by atoms with Crippen LogP contribution in [0.25, 0.3) is 22.2 Å². The van der Waals surface area contributed by atoms with Gasteiger partial charge in [-0.1, -0.05) is 23.3 Å². The minimum absolute atomic E-state index is 0.116. The van der Waals surface area contributed by atoms with Gasteiger partial charge in [-0.3, -0.25) is 10.1 Å². The Balaban J connectivity index is 2.00. The molecule has 8 heteroatoms. The van der Waals surface area contributed by atoms with Gasteiger partial charge in [0.05, 0.1) is 11.5 Å². The van der Waals surface area contributed by atoms with Crippen LogP contribution in [0.1, 0.15) is 63.8 Å². The van der Waals surface area contributed by atoms with Crippen molar-refractivity contribution in [2.24, 2.45) is 0 Å². The number of carbonyl (C=O) groups excluding carboxylic acids is 2. The summed E-state index contributed by atoms with van der Waals surface area (Å²) in [6, 6.07) is 12.8. The number of alkyl carbamates (subject to hydrolysis) is 1. The van der Waals surface area contributed by atoms with Gasteiger partial charge in [-0.25, -0.2) is 4.79 Å². The number of nitrogens with zero attached hydrogens (tertiary/aromatic N) is 1. The molecule has 0 saturated carbocycles. The molecule has 0 atom stereocenters. The number of benzene rings is 2. The minimum Gasteiger partial charge on any atom is -0.447 e. The Morgan fingerprint density at radius 3 is 2.28 bits per heavy atom. The SMILES string of the molecule is CCN(CC)C(=O)C(C)(C)c1ccc2[nH]c(-c3cc(C)cc(C)c3)c(CCNC(=S)NC(=O)OC(C)C)c2c1. The average molecular weight is 551 g/mol. The molecule has 0 aliphatic rings. The van der Waals surface area contributed by atoms with Gasteiger partial charge in [0.2, 0.25) is 5.91 Å². The summed E-state index contributed by atoms with van der Waals surface area (Å²) in [5.74, 6) is 0.116. The Kier molecular flexibility index (Phi) is 9.78. The van der Waals surface area contributed by atoms with Gasteiger partial charge in [-0.2, -0.15) is 0 Å². The predicted molar refractivity (Wildman–Crippen MR) is 163 cm³/mol. The summed E-state index contributed by atoms with van der Waals surface area (Å²) in [6.45, 7) is 17.6. The second kappa shape index (κ2) is 12.6. The standard InChI is InChI=1S/C31H42N4O3S/c1-9-35(10-2)28(36)31(7,8)23-11-12-26-25(18-23)24(13-14-32-29(39)34-30(37)38-19(3)4)27(33-26)22-16-20(5)15-21(6)17-22/h11-12,15-19,33H,9-10,13-14H2,1-8H3,(H2,32,34,37,39). The van der Waals surface area contributed by atoms with Crippen molar-refractivity contribution in [1.29, 1.82) is 0 Å². The first-order valence-electron chi connectivity index (χ1n) is 13.7. The number of nitrogens with one attached hydrogen (secondary N) is 3. The Morgan fingerprint density at radius 1 is 1.05 bits per heavy atom. The maximum Gasteiger partial charge on any atom is 0.413 e. The zero-order chi connectivity index (χ0) is 28.9. The first-order chi connectivity index (χ1) is 18.4. The maximum absolute atomic E-state index is 13.4. The molecule has 7 nitrogen and oxygen atoms in total. The third kappa shape index (κ3) is 7.18. The molecule has 2 amide bonds. The van der Waals surface area contributed by atoms with Gasteiger partial charge in [0.25, 0.3) is 0 Å². The van der Waals surface area contributed by atoms with Crippen molar-refractivity contribution < 1.29 is 14.3 Å². The number of carbonyl (C=O) groups is 2. The van der Waals surface area contributed by atoms with Crippen LogP contribution in [0, 0.1) is 13.8 Å². The fourth-order valence-corrected chi connectivity index (χ4v) is 5.16. The van der Waals surface area contributed by atoms with Crippen molar-refractivity contribution in [3.8, 4) is 11.3 Å². The first kappa shape index (κ1) is 30.2. The number of aromatic nitrogens is 1. The summed E-state index contributed by atoms with van der Waals surface area (Å²) >= 11 is 5.31. The Hall–Kier alpha value is -3.39. The van der Waals surface area contributed by atoms with Gasteiger partial charge in [0, 0.05) is 36.2 Å². The molecule has 0 aliphatic heterocycles. The van der Waals surface area contributed by atoms with Crippen LogP contribution < -0.4 is 10.6 Å². The number of hydrogen-bond donors (Lipinski definition) is 3. The number of H-pyrrole nitrogens is 1. The molecule has 0 fully saturated rings. The molecule has 0 spiro atoms. The molecule has 0 saturated heterocycles. The summed E-state index contributed by atoms with van der Waals surface area (Å²) in [6.07, 6.45) is -0.154. The lowest BCUT2D eigenvalue weighted by Crippen LogP contribution is -2.43. The lowest BCUT2D eigenvalue weighted by molar-refractivity contribution is -0.135. The van der Waals surface area contributed by atoms with Gasteiger partial charge in [-0.05, 0) is 115 Å². The van der Waals surface area contributed by atoms with Gasteiger partial charge in [0.1, 0.15) is 0 Å². The number of rotatable bonds is 9. The molecule has 2 aromatic carbocycles. The van der Waals surface area contributed by atoms with Crippen LogP contribution in [0.2, 0.25) is 0 Å². The molecule has 3 N–H and O–H groups in total. The number of aryl methyl sites for hydroxylation is 2. The van der Waals surface area contributed by atoms with E-state index in [9.17, 15) is 9.59 Å². The number of ether oxygens (including phenoxy) is 1. The maximum atomic E-state index is 13.4. The van der Waals surface area contributed by atoms with Crippen LogP contribution in [0.4, 0.5) is 4.79 Å². The van der Waals surface area contributed by atoms with Crippen LogP contribution in [0.3, 0.4) is 0 Å². The monoisotopic (exact) mass is 550 g/mol. The topological polar surface area (TPSA) is 86.5 Å². The van der Waals surface area contributed by atoms with E-state index in [0.717, 1.165) is 33.3 Å². The number of hydrogen-bond acceptors (Lipinski definition) is 4. The Bertz CT molecular complexity index is 1340. The van der Waals surface area contributed by atoms with Crippen molar-refractivity contribution >= 4 is 40.2 Å². The van der Waals surface area contributed by atoms with E-state index in [2.05, 4.69) is 59.8 Å². The predicted octanol–water partition coefficient (Wildman–Crippen LogP) is 6.15. The highest BCUT2D eigenvalue weighted by molar-refractivity contribution is 7.80. The Morgan fingerprint density at radius 2 is 1.69 bits per heavy atom. The minimum atomic E-state index is -0.671. The quantitative estimate of drug-likeness (QED) is 0.278. The lowest BCUT2D eigenvalue weighted by atomic mass is 9.82. The largest absolute Gasteiger partial charge is 0.447 e. The van der Waals surface area contributed by atoms with E-state index in [1.807, 2.05) is 38.7 Å². The molecule has 0 aliphatic carbocycles. The third-order valence-corrected chi connectivity index (χ3v) is 7.19. The zero-order valence-corrected chi connectivity index (χ0v) is 25.3. The van der Waals surface area contributed by atoms with E-state index in [1.165, 1.54) is 11.1 Å². The van der Waals surface area contributed by atoms with Gasteiger partial charge < -0.3 is 19.9 Å². The number of aromatic amines is 1. The summed E-state index contributed by atoms with van der Waals surface area (Å²) in [7, 11) is 0. The molecule has 0 bridgehead atoms. The van der Waals surface area contributed by atoms with Crippen LogP contribution in [-0.2, 0) is 21.4 Å². The van der Waals surface area contributed by atoms with E-state index in [-0.39, 0.29) is 17.1 Å².